The van der Waals surface area contributed by atoms with E-state index < -0.39 is 5.60 Å². The highest BCUT2D eigenvalue weighted by Crippen LogP contribution is 2.41. The zero-order chi connectivity index (χ0) is 20.9. The van der Waals surface area contributed by atoms with E-state index >= 15 is 0 Å². The first kappa shape index (κ1) is 19.7. The van der Waals surface area contributed by atoms with E-state index in [4.69, 9.17) is 5.73 Å². The molecule has 1 heterocycles. The third-order valence-corrected chi connectivity index (χ3v) is 5.42. The van der Waals surface area contributed by atoms with E-state index in [-0.39, 0.29) is 18.4 Å². The van der Waals surface area contributed by atoms with Crippen molar-refractivity contribution in [3.63, 3.8) is 0 Å². The second-order valence-electron chi connectivity index (χ2n) is 8.57. The number of nitrogens with two attached hydrogens (primary N) is 1. The van der Waals surface area contributed by atoms with Gasteiger partial charge in [-0.15, -0.1) is 10.2 Å². The van der Waals surface area contributed by atoms with Gasteiger partial charge < -0.3 is 10.8 Å². The summed E-state index contributed by atoms with van der Waals surface area (Å²) in [6.07, 6.45) is 1.56. The van der Waals surface area contributed by atoms with Crippen molar-refractivity contribution >= 4 is 0 Å². The summed E-state index contributed by atoms with van der Waals surface area (Å²) >= 11 is 0. The molecule has 4 rings (SSSR count). The number of hydrogen-bond acceptors (Lipinski definition) is 5. The number of aliphatic hydroxyl groups is 1. The second-order valence-corrected chi connectivity index (χ2v) is 8.57. The van der Waals surface area contributed by atoms with Crippen LogP contribution in [0.25, 0.3) is 22.5 Å². The van der Waals surface area contributed by atoms with E-state index in [1.165, 1.54) is 10.9 Å². The fourth-order valence-electron chi connectivity index (χ4n) is 4.27. The minimum Gasteiger partial charge on any atom is -0.388 e. The lowest BCUT2D eigenvalue weighted by Gasteiger charge is -2.17. The first-order valence-electron chi connectivity index (χ1n) is 9.83. The first-order valence-corrected chi connectivity index (χ1v) is 9.83. The SMILES string of the molecule is Cc1cc(-c2nnn(CC(C)(C)O)n2)cc(C)c1-c1ccc(F)c2c1CC[C@H]2N. The molecule has 1 aromatic heterocycles. The molecule has 0 unspecified atom stereocenters. The molecule has 0 radical (unpaired) electrons. The van der Waals surface area contributed by atoms with Crippen LogP contribution >= 0.6 is 0 Å². The topological polar surface area (TPSA) is 89.8 Å². The van der Waals surface area contributed by atoms with Crippen molar-refractivity contribution in [3.05, 3.63) is 52.3 Å². The third kappa shape index (κ3) is 3.68. The molecule has 152 valence electrons. The van der Waals surface area contributed by atoms with Crippen molar-refractivity contribution in [2.45, 2.75) is 58.7 Å². The first-order chi connectivity index (χ1) is 13.6. The largest absolute Gasteiger partial charge is 0.388 e. The van der Waals surface area contributed by atoms with Gasteiger partial charge in [-0.25, -0.2) is 4.39 Å². The van der Waals surface area contributed by atoms with Crippen LogP contribution in [0.2, 0.25) is 0 Å². The lowest BCUT2D eigenvalue weighted by atomic mass is 9.89. The Morgan fingerprint density at radius 2 is 1.93 bits per heavy atom. The molecule has 1 aliphatic rings. The summed E-state index contributed by atoms with van der Waals surface area (Å²) in [4.78, 5) is 1.40. The van der Waals surface area contributed by atoms with Crippen molar-refractivity contribution < 1.29 is 9.50 Å². The van der Waals surface area contributed by atoms with Crippen molar-refractivity contribution in [1.82, 2.24) is 20.2 Å². The lowest BCUT2D eigenvalue weighted by molar-refractivity contribution is 0.0526. The van der Waals surface area contributed by atoms with Gasteiger partial charge in [-0.1, -0.05) is 6.07 Å². The molecule has 6 nitrogen and oxygen atoms in total. The number of nitrogens with zero attached hydrogens (tertiary/aromatic N) is 4. The number of fused-ring (bicyclic) bond motifs is 1. The summed E-state index contributed by atoms with van der Waals surface area (Å²) in [6, 6.07) is 7.20. The highest BCUT2D eigenvalue weighted by atomic mass is 19.1. The van der Waals surface area contributed by atoms with Gasteiger partial charge in [-0.2, -0.15) is 4.80 Å². The van der Waals surface area contributed by atoms with E-state index in [1.807, 2.05) is 32.0 Å². The Morgan fingerprint density at radius 1 is 1.24 bits per heavy atom. The molecule has 0 saturated carbocycles. The molecule has 3 aromatic rings. The van der Waals surface area contributed by atoms with Crippen LogP contribution in [0.4, 0.5) is 4.39 Å². The van der Waals surface area contributed by atoms with Gasteiger partial charge in [0.15, 0.2) is 0 Å². The number of rotatable bonds is 4. The number of tetrazole rings is 1. The molecule has 0 amide bonds. The maximum Gasteiger partial charge on any atom is 0.204 e. The van der Waals surface area contributed by atoms with Crippen LogP contribution in [0.1, 0.15) is 48.6 Å². The van der Waals surface area contributed by atoms with Gasteiger partial charge in [0, 0.05) is 17.2 Å². The maximum atomic E-state index is 14.3. The number of aryl methyl sites for hydroxylation is 2. The Bertz CT molecular complexity index is 1060. The Morgan fingerprint density at radius 3 is 2.59 bits per heavy atom. The summed E-state index contributed by atoms with van der Waals surface area (Å²) < 4.78 is 14.3. The maximum absolute atomic E-state index is 14.3. The molecule has 0 spiro atoms. The zero-order valence-corrected chi connectivity index (χ0v) is 17.2. The molecule has 0 saturated heterocycles. The van der Waals surface area contributed by atoms with Crippen molar-refractivity contribution in [2.75, 3.05) is 0 Å². The fraction of sp³-hybridized carbons (Fsp3) is 0.409. The highest BCUT2D eigenvalue weighted by Gasteiger charge is 2.27. The molecule has 0 bridgehead atoms. The van der Waals surface area contributed by atoms with Gasteiger partial charge in [0.05, 0.1) is 12.1 Å². The van der Waals surface area contributed by atoms with E-state index in [9.17, 15) is 9.50 Å². The van der Waals surface area contributed by atoms with Crippen molar-refractivity contribution in [1.29, 1.82) is 0 Å². The predicted molar refractivity (Wildman–Crippen MR) is 110 cm³/mol. The molecular formula is C22H26FN5O. The van der Waals surface area contributed by atoms with Gasteiger partial charge in [0.2, 0.25) is 5.82 Å². The standard InChI is InChI=1S/C22H26FN5O/c1-12-9-14(21-25-27-28(26-21)11-22(3,4)29)10-13(2)19(12)15-5-7-17(23)20-16(15)6-8-18(20)24/h5,7,9-10,18,29H,6,8,11,24H2,1-4H3/t18-/m1/s1. The van der Waals surface area contributed by atoms with Crippen molar-refractivity contribution in [3.8, 4) is 22.5 Å². The molecule has 3 N–H and O–H groups in total. The van der Waals surface area contributed by atoms with E-state index in [2.05, 4.69) is 15.4 Å². The Balaban J connectivity index is 1.75. The molecule has 0 aliphatic heterocycles. The average molecular weight is 395 g/mol. The Hall–Kier alpha value is -2.64. The molecule has 7 heteroatoms. The van der Waals surface area contributed by atoms with Gasteiger partial charge in [0.1, 0.15) is 5.82 Å². The van der Waals surface area contributed by atoms with Gasteiger partial charge >= 0.3 is 0 Å². The predicted octanol–water partition coefficient (Wildman–Crippen LogP) is 3.48. The average Bonchev–Trinajstić information content (AvgIpc) is 3.22. The third-order valence-electron chi connectivity index (χ3n) is 5.42. The summed E-state index contributed by atoms with van der Waals surface area (Å²) in [6.45, 7) is 7.74. The number of benzene rings is 2. The second kappa shape index (κ2) is 7.00. The Labute approximate surface area is 169 Å². The van der Waals surface area contributed by atoms with Crippen LogP contribution in [0.3, 0.4) is 0 Å². The Kier molecular flexibility index (Phi) is 4.75. The van der Waals surface area contributed by atoms with Crippen LogP contribution in [0, 0.1) is 19.7 Å². The van der Waals surface area contributed by atoms with Crippen LogP contribution in [-0.2, 0) is 13.0 Å². The molecule has 2 aromatic carbocycles. The van der Waals surface area contributed by atoms with Crippen molar-refractivity contribution in [2.24, 2.45) is 5.73 Å². The molecule has 29 heavy (non-hydrogen) atoms. The number of hydrogen-bond donors (Lipinski definition) is 2. The van der Waals surface area contributed by atoms with Gasteiger partial charge in [0.25, 0.3) is 0 Å². The van der Waals surface area contributed by atoms with Crippen LogP contribution in [0.15, 0.2) is 24.3 Å². The summed E-state index contributed by atoms with van der Waals surface area (Å²) in [7, 11) is 0. The fourth-order valence-corrected chi connectivity index (χ4v) is 4.27. The minimum absolute atomic E-state index is 0.215. The monoisotopic (exact) mass is 395 g/mol. The number of aromatic nitrogens is 4. The van der Waals surface area contributed by atoms with E-state index in [0.29, 0.717) is 11.4 Å². The van der Waals surface area contributed by atoms with Gasteiger partial charge in [-0.3, -0.25) is 0 Å². The summed E-state index contributed by atoms with van der Waals surface area (Å²) in [5.41, 5.74) is 12.0. The number of halogens is 1. The molecule has 1 atom stereocenters. The lowest BCUT2D eigenvalue weighted by Crippen LogP contribution is -2.27. The quantitative estimate of drug-likeness (QED) is 0.706. The molecular weight excluding hydrogens is 369 g/mol. The van der Waals surface area contributed by atoms with E-state index in [0.717, 1.165) is 46.2 Å². The zero-order valence-electron chi connectivity index (χ0n) is 17.2. The molecule has 0 fully saturated rings. The van der Waals surface area contributed by atoms with E-state index in [1.54, 1.807) is 13.8 Å². The summed E-state index contributed by atoms with van der Waals surface area (Å²) in [5.74, 6) is 0.298. The van der Waals surface area contributed by atoms with Crippen LogP contribution < -0.4 is 5.73 Å². The van der Waals surface area contributed by atoms with Crippen LogP contribution in [-0.4, -0.2) is 30.9 Å². The smallest absolute Gasteiger partial charge is 0.204 e. The van der Waals surface area contributed by atoms with Crippen LogP contribution in [0.5, 0.6) is 0 Å². The highest BCUT2D eigenvalue weighted by molar-refractivity contribution is 5.78. The normalized spacial score (nSPS) is 16.3. The van der Waals surface area contributed by atoms with Gasteiger partial charge in [-0.05, 0) is 91.8 Å². The summed E-state index contributed by atoms with van der Waals surface area (Å²) in [5, 5.41) is 22.5. The minimum atomic E-state index is -0.919. The molecule has 1 aliphatic carbocycles.